The van der Waals surface area contributed by atoms with Crippen LogP contribution in [0.25, 0.3) is 0 Å². The lowest BCUT2D eigenvalue weighted by Gasteiger charge is -2.33. The third-order valence-corrected chi connectivity index (χ3v) is 3.80. The molecule has 0 atom stereocenters. The molecule has 0 radical (unpaired) electrons. The van der Waals surface area contributed by atoms with Gasteiger partial charge in [-0.3, -0.25) is 10.1 Å². The molecular weight excluding hydrogens is 270 g/mol. The maximum atomic E-state index is 13.2. The maximum Gasteiger partial charge on any atom is 0.272 e. The average molecular weight is 284 g/mol. The van der Waals surface area contributed by atoms with Crippen LogP contribution in [-0.2, 0) is 6.42 Å². The van der Waals surface area contributed by atoms with Crippen molar-refractivity contribution >= 4 is 11.4 Å². The molecule has 2 heterocycles. The Hall–Kier alpha value is -1.92. The normalized spacial score (nSPS) is 20.4. The Bertz CT molecular complexity index is 553. The number of rotatable bonds is 2. The maximum absolute atomic E-state index is 13.2. The van der Waals surface area contributed by atoms with Crippen LogP contribution in [0.4, 0.5) is 20.2 Å². The third kappa shape index (κ3) is 2.28. The van der Waals surface area contributed by atoms with E-state index in [1.165, 1.54) is 12.1 Å². The number of halogens is 2. The van der Waals surface area contributed by atoms with Crippen molar-refractivity contribution < 1.29 is 18.4 Å². The van der Waals surface area contributed by atoms with Gasteiger partial charge in [-0.2, -0.15) is 0 Å². The zero-order valence-corrected chi connectivity index (χ0v) is 10.8. The molecule has 3 rings (SSSR count). The second-order valence-corrected chi connectivity index (χ2v) is 5.15. The summed E-state index contributed by atoms with van der Waals surface area (Å²) in [6, 6.07) is 2.93. The molecule has 1 aromatic rings. The molecule has 0 bridgehead atoms. The first kappa shape index (κ1) is 13.1. The van der Waals surface area contributed by atoms with Crippen LogP contribution in [0.2, 0.25) is 0 Å². The van der Waals surface area contributed by atoms with Crippen molar-refractivity contribution in [2.24, 2.45) is 0 Å². The first-order chi connectivity index (χ1) is 9.46. The van der Waals surface area contributed by atoms with E-state index in [1.54, 1.807) is 4.90 Å². The number of hydrogen-bond acceptors (Lipinski definition) is 4. The van der Waals surface area contributed by atoms with Crippen LogP contribution in [0.15, 0.2) is 12.1 Å². The summed E-state index contributed by atoms with van der Waals surface area (Å²) in [7, 11) is 0. The van der Waals surface area contributed by atoms with Gasteiger partial charge in [0.15, 0.2) is 0 Å². The number of benzene rings is 1. The van der Waals surface area contributed by atoms with Crippen molar-refractivity contribution in [1.82, 2.24) is 0 Å². The zero-order chi connectivity index (χ0) is 14.3. The molecule has 0 unspecified atom stereocenters. The molecule has 0 N–H and O–H groups in total. The molecule has 5 nitrogen and oxygen atoms in total. The van der Waals surface area contributed by atoms with Crippen LogP contribution in [0, 0.1) is 10.1 Å². The summed E-state index contributed by atoms with van der Waals surface area (Å²) >= 11 is 0. The molecule has 0 saturated carbocycles. The molecule has 1 fully saturated rings. The van der Waals surface area contributed by atoms with E-state index >= 15 is 0 Å². The quantitative estimate of drug-likeness (QED) is 0.619. The molecular formula is C13H14F2N2O3. The molecule has 0 aromatic heterocycles. The molecule has 0 aliphatic carbocycles. The summed E-state index contributed by atoms with van der Waals surface area (Å²) in [6.45, 7) is 0.849. The molecule has 20 heavy (non-hydrogen) atoms. The topological polar surface area (TPSA) is 55.6 Å². The number of ether oxygens (including phenoxy) is 1. The van der Waals surface area contributed by atoms with Crippen LogP contribution in [0.3, 0.4) is 0 Å². The van der Waals surface area contributed by atoms with Gasteiger partial charge < -0.3 is 9.64 Å². The largest absolute Gasteiger partial charge is 0.491 e. The predicted octanol–water partition coefficient (Wildman–Crippen LogP) is 2.77. The van der Waals surface area contributed by atoms with Gasteiger partial charge in [-0.05, 0) is 0 Å². The van der Waals surface area contributed by atoms with Gasteiger partial charge in [-0.25, -0.2) is 8.78 Å². The summed E-state index contributed by atoms with van der Waals surface area (Å²) in [6.07, 6.45) is 0.156. The van der Waals surface area contributed by atoms with Crippen LogP contribution in [0.1, 0.15) is 18.4 Å². The zero-order valence-electron chi connectivity index (χ0n) is 10.8. The number of nitro benzene ring substituents is 1. The van der Waals surface area contributed by atoms with Gasteiger partial charge in [0.05, 0.1) is 17.2 Å². The standard InChI is InChI=1S/C13H14F2N2O3/c14-13(15)2-4-16(5-3-13)11-8-10(17(18)19)7-9-1-6-20-12(9)11/h7-8H,1-6H2. The van der Waals surface area contributed by atoms with Crippen LogP contribution in [-0.4, -0.2) is 30.5 Å². The second kappa shape index (κ2) is 4.57. The number of anilines is 1. The van der Waals surface area contributed by atoms with E-state index < -0.39 is 10.8 Å². The fourth-order valence-electron chi connectivity index (χ4n) is 2.69. The Balaban J connectivity index is 1.95. The molecule has 2 aliphatic rings. The lowest BCUT2D eigenvalue weighted by Crippen LogP contribution is -2.39. The van der Waals surface area contributed by atoms with Gasteiger partial charge in [0.2, 0.25) is 0 Å². The lowest BCUT2D eigenvalue weighted by atomic mass is 10.0. The lowest BCUT2D eigenvalue weighted by molar-refractivity contribution is -0.384. The first-order valence-electron chi connectivity index (χ1n) is 6.53. The highest BCUT2D eigenvalue weighted by atomic mass is 19.3. The Kier molecular flexibility index (Phi) is 2.99. The fourth-order valence-corrected chi connectivity index (χ4v) is 2.69. The Morgan fingerprint density at radius 1 is 1.30 bits per heavy atom. The van der Waals surface area contributed by atoms with Crippen LogP contribution >= 0.6 is 0 Å². The highest BCUT2D eigenvalue weighted by Gasteiger charge is 2.36. The van der Waals surface area contributed by atoms with E-state index in [0.29, 0.717) is 24.5 Å². The highest BCUT2D eigenvalue weighted by Crippen LogP contribution is 2.42. The SMILES string of the molecule is O=[N+]([O-])c1cc2c(c(N3CCC(F)(F)CC3)c1)OCC2. The van der Waals surface area contributed by atoms with Crippen molar-refractivity contribution in [3.05, 3.63) is 27.8 Å². The molecule has 2 aliphatic heterocycles. The van der Waals surface area contributed by atoms with E-state index in [1.807, 2.05) is 0 Å². The summed E-state index contributed by atoms with van der Waals surface area (Å²) in [4.78, 5) is 12.3. The van der Waals surface area contributed by atoms with E-state index in [4.69, 9.17) is 4.74 Å². The number of fused-ring (bicyclic) bond motifs is 1. The monoisotopic (exact) mass is 284 g/mol. The van der Waals surface area contributed by atoms with E-state index in [0.717, 1.165) is 5.56 Å². The minimum Gasteiger partial charge on any atom is -0.491 e. The smallest absolute Gasteiger partial charge is 0.272 e. The molecule has 1 aromatic carbocycles. The fraction of sp³-hybridized carbons (Fsp3) is 0.538. The second-order valence-electron chi connectivity index (χ2n) is 5.15. The van der Waals surface area contributed by atoms with Crippen molar-refractivity contribution in [3.63, 3.8) is 0 Å². The van der Waals surface area contributed by atoms with E-state index in [2.05, 4.69) is 0 Å². The number of hydrogen-bond donors (Lipinski definition) is 0. The molecule has 1 saturated heterocycles. The molecule has 7 heteroatoms. The Morgan fingerprint density at radius 3 is 2.65 bits per heavy atom. The number of piperidine rings is 1. The predicted molar refractivity (Wildman–Crippen MR) is 68.7 cm³/mol. The van der Waals surface area contributed by atoms with Crippen LogP contribution in [0.5, 0.6) is 5.75 Å². The van der Waals surface area contributed by atoms with Gasteiger partial charge in [0.1, 0.15) is 5.75 Å². The third-order valence-electron chi connectivity index (χ3n) is 3.80. The number of alkyl halides is 2. The Morgan fingerprint density at radius 2 is 2.00 bits per heavy atom. The van der Waals surface area contributed by atoms with Gasteiger partial charge in [-0.1, -0.05) is 0 Å². The number of non-ortho nitro benzene ring substituents is 1. The summed E-state index contributed by atoms with van der Waals surface area (Å²) in [5.41, 5.74) is 1.34. The first-order valence-corrected chi connectivity index (χ1v) is 6.53. The summed E-state index contributed by atoms with van der Waals surface area (Å²) in [5.74, 6) is -2.03. The van der Waals surface area contributed by atoms with Gasteiger partial charge in [0, 0.05) is 50.0 Å². The van der Waals surface area contributed by atoms with Gasteiger partial charge in [0.25, 0.3) is 11.6 Å². The average Bonchev–Trinajstić information content (AvgIpc) is 2.85. The van der Waals surface area contributed by atoms with Crippen molar-refractivity contribution in [2.45, 2.75) is 25.2 Å². The Labute approximate surface area is 114 Å². The van der Waals surface area contributed by atoms with Crippen molar-refractivity contribution in [1.29, 1.82) is 0 Å². The van der Waals surface area contributed by atoms with Gasteiger partial charge in [-0.15, -0.1) is 0 Å². The van der Waals surface area contributed by atoms with Crippen molar-refractivity contribution in [3.8, 4) is 5.75 Å². The minimum atomic E-state index is -2.64. The molecule has 0 spiro atoms. The van der Waals surface area contributed by atoms with Gasteiger partial charge >= 0.3 is 0 Å². The van der Waals surface area contributed by atoms with Crippen LogP contribution < -0.4 is 9.64 Å². The minimum absolute atomic E-state index is 0.0124. The van der Waals surface area contributed by atoms with E-state index in [9.17, 15) is 18.9 Å². The van der Waals surface area contributed by atoms with Crippen molar-refractivity contribution in [2.75, 3.05) is 24.6 Å². The number of nitro groups is 1. The number of nitrogens with zero attached hydrogens (tertiary/aromatic N) is 2. The highest BCUT2D eigenvalue weighted by molar-refractivity contribution is 5.68. The van der Waals surface area contributed by atoms with E-state index in [-0.39, 0.29) is 31.6 Å². The molecule has 108 valence electrons. The summed E-state index contributed by atoms with van der Waals surface area (Å²) < 4.78 is 31.9. The molecule has 0 amide bonds. The summed E-state index contributed by atoms with van der Waals surface area (Å²) in [5, 5.41) is 11.0.